The SMILES string of the molecule is C=C(C)C1(C(=O)Nc2cc3cc(-c4cncn4C)ccc3cn2)CC1. The second-order valence-electron chi connectivity index (χ2n) is 6.84. The Labute approximate surface area is 146 Å². The number of fused-ring (bicyclic) bond motifs is 1. The molecule has 5 nitrogen and oxygen atoms in total. The predicted molar refractivity (Wildman–Crippen MR) is 99.1 cm³/mol. The van der Waals surface area contributed by atoms with Gasteiger partial charge in [0.2, 0.25) is 5.91 Å². The van der Waals surface area contributed by atoms with Crippen molar-refractivity contribution in [1.29, 1.82) is 0 Å². The van der Waals surface area contributed by atoms with Crippen LogP contribution in [0.3, 0.4) is 0 Å². The van der Waals surface area contributed by atoms with Gasteiger partial charge < -0.3 is 9.88 Å². The number of carbonyl (C=O) groups is 1. The van der Waals surface area contributed by atoms with E-state index in [4.69, 9.17) is 0 Å². The van der Waals surface area contributed by atoms with Crippen molar-refractivity contribution >= 4 is 22.5 Å². The first-order chi connectivity index (χ1) is 12.0. The summed E-state index contributed by atoms with van der Waals surface area (Å²) in [4.78, 5) is 21.1. The van der Waals surface area contributed by atoms with Gasteiger partial charge in [0.25, 0.3) is 0 Å². The van der Waals surface area contributed by atoms with E-state index in [2.05, 4.69) is 34.0 Å². The Kier molecular flexibility index (Phi) is 3.46. The molecule has 0 spiro atoms. The third-order valence-electron chi connectivity index (χ3n) is 5.08. The van der Waals surface area contributed by atoms with E-state index >= 15 is 0 Å². The average molecular weight is 332 g/mol. The highest BCUT2D eigenvalue weighted by molar-refractivity contribution is 6.00. The first-order valence-electron chi connectivity index (χ1n) is 8.33. The molecule has 0 aliphatic heterocycles. The minimum atomic E-state index is -0.396. The highest BCUT2D eigenvalue weighted by Crippen LogP contribution is 2.51. The molecule has 0 unspecified atom stereocenters. The molecule has 0 atom stereocenters. The molecule has 1 aromatic carbocycles. The number of nitrogens with zero attached hydrogens (tertiary/aromatic N) is 3. The van der Waals surface area contributed by atoms with E-state index in [0.29, 0.717) is 5.82 Å². The number of anilines is 1. The van der Waals surface area contributed by atoms with Gasteiger partial charge in [0.15, 0.2) is 0 Å². The summed E-state index contributed by atoms with van der Waals surface area (Å²) in [5, 5.41) is 5.02. The fourth-order valence-corrected chi connectivity index (χ4v) is 3.21. The van der Waals surface area contributed by atoms with Crippen LogP contribution in [-0.4, -0.2) is 20.4 Å². The molecule has 1 fully saturated rings. The van der Waals surface area contributed by atoms with Gasteiger partial charge in [-0.15, -0.1) is 0 Å². The predicted octanol–water partition coefficient (Wildman–Crippen LogP) is 3.93. The third kappa shape index (κ3) is 2.61. The maximum absolute atomic E-state index is 12.5. The summed E-state index contributed by atoms with van der Waals surface area (Å²) >= 11 is 0. The summed E-state index contributed by atoms with van der Waals surface area (Å²) in [6.45, 7) is 5.88. The Bertz CT molecular complexity index is 998. The monoisotopic (exact) mass is 332 g/mol. The molecule has 1 N–H and O–H groups in total. The fourth-order valence-electron chi connectivity index (χ4n) is 3.21. The standard InChI is InChI=1S/C20H20N4O/c1-13(2)20(6-7-20)19(25)23-18-9-16-8-14(4-5-15(16)10-22-18)17-11-21-12-24(17)3/h4-5,8-12H,1,6-7H2,2-3H3,(H,22,23,25). The van der Waals surface area contributed by atoms with Crippen LogP contribution in [0.4, 0.5) is 5.82 Å². The number of aromatic nitrogens is 3. The van der Waals surface area contributed by atoms with Gasteiger partial charge in [-0.3, -0.25) is 4.79 Å². The number of benzene rings is 1. The lowest BCUT2D eigenvalue weighted by atomic mass is 9.98. The normalized spacial score (nSPS) is 15.1. The van der Waals surface area contributed by atoms with E-state index in [1.54, 1.807) is 12.5 Å². The van der Waals surface area contributed by atoms with E-state index in [1.165, 1.54) is 0 Å². The van der Waals surface area contributed by atoms with Crippen LogP contribution in [-0.2, 0) is 11.8 Å². The Balaban J connectivity index is 1.66. The highest BCUT2D eigenvalue weighted by Gasteiger charge is 2.50. The van der Waals surface area contributed by atoms with Crippen LogP contribution in [0, 0.1) is 5.41 Å². The van der Waals surface area contributed by atoms with Crippen LogP contribution in [0.25, 0.3) is 22.0 Å². The first-order valence-corrected chi connectivity index (χ1v) is 8.33. The maximum Gasteiger partial charge on any atom is 0.235 e. The van der Waals surface area contributed by atoms with Crippen LogP contribution < -0.4 is 5.32 Å². The van der Waals surface area contributed by atoms with E-state index in [0.717, 1.165) is 40.4 Å². The van der Waals surface area contributed by atoms with Gasteiger partial charge in [0.1, 0.15) is 5.82 Å². The van der Waals surface area contributed by atoms with Crippen molar-refractivity contribution in [1.82, 2.24) is 14.5 Å². The number of carbonyl (C=O) groups excluding carboxylic acids is 1. The summed E-state index contributed by atoms with van der Waals surface area (Å²) in [5.41, 5.74) is 2.65. The first kappa shape index (κ1) is 15.6. The Morgan fingerprint density at radius 2 is 2.04 bits per heavy atom. The van der Waals surface area contributed by atoms with Gasteiger partial charge in [-0.05, 0) is 37.3 Å². The number of nitrogens with one attached hydrogen (secondary N) is 1. The van der Waals surface area contributed by atoms with Gasteiger partial charge in [-0.1, -0.05) is 24.3 Å². The zero-order valence-corrected chi connectivity index (χ0v) is 14.4. The van der Waals surface area contributed by atoms with E-state index in [1.807, 2.05) is 36.9 Å². The molecule has 1 amide bonds. The highest BCUT2D eigenvalue weighted by atomic mass is 16.2. The van der Waals surface area contributed by atoms with Crippen molar-refractivity contribution in [3.8, 4) is 11.3 Å². The quantitative estimate of drug-likeness (QED) is 0.736. The van der Waals surface area contributed by atoms with Gasteiger partial charge in [-0.25, -0.2) is 9.97 Å². The third-order valence-corrected chi connectivity index (χ3v) is 5.08. The maximum atomic E-state index is 12.5. The van der Waals surface area contributed by atoms with E-state index in [9.17, 15) is 4.79 Å². The smallest absolute Gasteiger partial charge is 0.235 e. The lowest BCUT2D eigenvalue weighted by Gasteiger charge is -2.15. The van der Waals surface area contributed by atoms with Gasteiger partial charge >= 0.3 is 0 Å². The molecule has 0 radical (unpaired) electrons. The van der Waals surface area contributed by atoms with E-state index < -0.39 is 5.41 Å². The molecule has 1 aliphatic carbocycles. The largest absolute Gasteiger partial charge is 0.334 e. The molecule has 0 bridgehead atoms. The average Bonchev–Trinajstić information content (AvgIpc) is 3.31. The Morgan fingerprint density at radius 3 is 2.68 bits per heavy atom. The fraction of sp³-hybridized carbons (Fsp3) is 0.250. The summed E-state index contributed by atoms with van der Waals surface area (Å²) in [6.07, 6.45) is 7.15. The molecule has 4 rings (SSSR count). The van der Waals surface area contributed by atoms with E-state index in [-0.39, 0.29) is 5.91 Å². The zero-order chi connectivity index (χ0) is 17.6. The molecule has 0 saturated heterocycles. The van der Waals surface area contributed by atoms with Gasteiger partial charge in [0, 0.05) is 24.2 Å². The molecule has 2 heterocycles. The van der Waals surface area contributed by atoms with Crippen molar-refractivity contribution in [3.05, 3.63) is 55.1 Å². The number of hydrogen-bond donors (Lipinski definition) is 1. The number of amides is 1. The molecule has 2 aromatic heterocycles. The van der Waals surface area contributed by atoms with Gasteiger partial charge in [-0.2, -0.15) is 0 Å². The minimum Gasteiger partial charge on any atom is -0.334 e. The minimum absolute atomic E-state index is 0.00496. The zero-order valence-electron chi connectivity index (χ0n) is 14.4. The van der Waals surface area contributed by atoms with Crippen molar-refractivity contribution < 1.29 is 4.79 Å². The van der Waals surface area contributed by atoms with Crippen LogP contribution in [0.15, 0.2) is 55.1 Å². The molecule has 3 aromatic rings. The number of pyridine rings is 1. The van der Waals surface area contributed by atoms with Crippen molar-refractivity contribution in [2.45, 2.75) is 19.8 Å². The summed E-state index contributed by atoms with van der Waals surface area (Å²) < 4.78 is 1.98. The van der Waals surface area contributed by atoms with Crippen LogP contribution in [0.1, 0.15) is 19.8 Å². The summed E-state index contributed by atoms with van der Waals surface area (Å²) in [5.74, 6) is 0.571. The second kappa shape index (κ2) is 5.55. The topological polar surface area (TPSA) is 59.8 Å². The Morgan fingerprint density at radius 1 is 1.24 bits per heavy atom. The molecule has 5 heteroatoms. The molecule has 126 valence electrons. The molecule has 25 heavy (non-hydrogen) atoms. The molecular weight excluding hydrogens is 312 g/mol. The van der Waals surface area contributed by atoms with Crippen molar-refractivity contribution in [2.75, 3.05) is 5.32 Å². The summed E-state index contributed by atoms with van der Waals surface area (Å²) in [7, 11) is 1.97. The van der Waals surface area contributed by atoms with Crippen molar-refractivity contribution in [3.63, 3.8) is 0 Å². The molecule has 1 aliphatic rings. The van der Waals surface area contributed by atoms with Crippen LogP contribution in [0.5, 0.6) is 0 Å². The number of imidazole rings is 1. The molecule has 1 saturated carbocycles. The molecular formula is C20H20N4O. The Hall–Kier alpha value is -2.95. The van der Waals surface area contributed by atoms with Crippen LogP contribution in [0.2, 0.25) is 0 Å². The van der Waals surface area contributed by atoms with Crippen molar-refractivity contribution in [2.24, 2.45) is 12.5 Å². The lowest BCUT2D eigenvalue weighted by molar-refractivity contribution is -0.119. The number of rotatable bonds is 4. The van der Waals surface area contributed by atoms with Gasteiger partial charge in [0.05, 0.1) is 23.6 Å². The number of aryl methyl sites for hydroxylation is 1. The lowest BCUT2D eigenvalue weighted by Crippen LogP contribution is -2.25. The second-order valence-corrected chi connectivity index (χ2v) is 6.84. The van der Waals surface area contributed by atoms with Crippen LogP contribution >= 0.6 is 0 Å². The number of hydrogen-bond acceptors (Lipinski definition) is 3. The summed E-state index contributed by atoms with van der Waals surface area (Å²) in [6, 6.07) is 8.10.